The van der Waals surface area contributed by atoms with E-state index in [1.54, 1.807) is 20.0 Å². The van der Waals surface area contributed by atoms with Gasteiger partial charge in [-0.1, -0.05) is 13.0 Å². The lowest BCUT2D eigenvalue weighted by atomic mass is 10.1. The summed E-state index contributed by atoms with van der Waals surface area (Å²) in [5.74, 6) is -0.378. The van der Waals surface area contributed by atoms with Crippen LogP contribution in [0.15, 0.2) is 24.3 Å². The van der Waals surface area contributed by atoms with E-state index in [0.717, 1.165) is 0 Å². The van der Waals surface area contributed by atoms with Crippen molar-refractivity contribution in [1.29, 1.82) is 0 Å². The van der Waals surface area contributed by atoms with Gasteiger partial charge in [-0.3, -0.25) is 4.79 Å². The molecule has 0 aliphatic heterocycles. The molecule has 6 heteroatoms. The van der Waals surface area contributed by atoms with Gasteiger partial charge >= 0.3 is 6.61 Å². The van der Waals surface area contributed by atoms with Gasteiger partial charge in [0.15, 0.2) is 0 Å². The van der Waals surface area contributed by atoms with E-state index >= 15 is 0 Å². The Balaban J connectivity index is 2.64. The second kappa shape index (κ2) is 6.90. The normalized spacial score (nSPS) is 12.3. The summed E-state index contributed by atoms with van der Waals surface area (Å²) in [6.45, 7) is -0.566. The third kappa shape index (κ3) is 4.67. The molecular weight excluding hydrogens is 242 g/mol. The highest BCUT2D eigenvalue weighted by atomic mass is 19.3. The van der Waals surface area contributed by atoms with Crippen LogP contribution < -0.4 is 15.4 Å². The lowest BCUT2D eigenvalue weighted by molar-refractivity contribution is -0.119. The van der Waals surface area contributed by atoms with Gasteiger partial charge in [0.25, 0.3) is 0 Å². The number of hydrogen-bond acceptors (Lipinski definition) is 3. The van der Waals surface area contributed by atoms with E-state index in [-0.39, 0.29) is 17.6 Å². The second-order valence-electron chi connectivity index (χ2n) is 3.85. The third-order valence-electron chi connectivity index (χ3n) is 2.28. The highest BCUT2D eigenvalue weighted by Gasteiger charge is 2.12. The molecule has 0 saturated carbocycles. The Morgan fingerprint density at radius 2 is 2.17 bits per heavy atom. The zero-order valence-corrected chi connectivity index (χ0v) is 10.2. The summed E-state index contributed by atoms with van der Waals surface area (Å²) < 4.78 is 28.3. The molecule has 2 N–H and O–H groups in total. The molecular formula is C12H16F2N2O2. The summed E-state index contributed by atoms with van der Waals surface area (Å²) in [4.78, 5) is 11.7. The lowest BCUT2D eigenvalue weighted by Gasteiger charge is -2.12. The van der Waals surface area contributed by atoms with Gasteiger partial charge in [0.2, 0.25) is 5.91 Å². The maximum atomic E-state index is 12.0. The Hall–Kier alpha value is -1.69. The largest absolute Gasteiger partial charge is 0.435 e. The second-order valence-corrected chi connectivity index (χ2v) is 3.85. The molecule has 0 aliphatic carbocycles. The number of anilines is 1. The van der Waals surface area contributed by atoms with Gasteiger partial charge < -0.3 is 15.4 Å². The minimum absolute atomic E-state index is 0.0177. The number of alkyl halides is 2. The highest BCUT2D eigenvalue weighted by molar-refractivity contribution is 5.92. The minimum Gasteiger partial charge on any atom is -0.435 e. The third-order valence-corrected chi connectivity index (χ3v) is 2.28. The molecule has 0 heterocycles. The van der Waals surface area contributed by atoms with Crippen molar-refractivity contribution in [2.24, 2.45) is 5.92 Å². The number of halogens is 2. The van der Waals surface area contributed by atoms with E-state index in [2.05, 4.69) is 15.4 Å². The average Bonchev–Trinajstić information content (AvgIpc) is 2.28. The smallest absolute Gasteiger partial charge is 0.387 e. The van der Waals surface area contributed by atoms with Crippen LogP contribution in [0.2, 0.25) is 0 Å². The summed E-state index contributed by atoms with van der Waals surface area (Å²) in [7, 11) is 1.75. The molecule has 4 nitrogen and oxygen atoms in total. The first-order chi connectivity index (χ1) is 8.52. The van der Waals surface area contributed by atoms with Crippen LogP contribution in [-0.2, 0) is 4.79 Å². The molecule has 0 saturated heterocycles. The van der Waals surface area contributed by atoms with E-state index < -0.39 is 6.61 Å². The van der Waals surface area contributed by atoms with Crippen molar-refractivity contribution in [1.82, 2.24) is 5.32 Å². The number of carbonyl (C=O) groups is 1. The molecule has 1 aromatic carbocycles. The Kier molecular flexibility index (Phi) is 5.51. The first-order valence-corrected chi connectivity index (χ1v) is 5.53. The van der Waals surface area contributed by atoms with Crippen LogP contribution in [0.3, 0.4) is 0 Å². The van der Waals surface area contributed by atoms with E-state index in [9.17, 15) is 13.6 Å². The summed E-state index contributed by atoms with van der Waals surface area (Å²) in [6.07, 6.45) is 0. The Morgan fingerprint density at radius 1 is 1.44 bits per heavy atom. The van der Waals surface area contributed by atoms with Crippen LogP contribution in [-0.4, -0.2) is 26.1 Å². The molecule has 0 spiro atoms. The molecule has 1 rings (SSSR count). The summed E-state index contributed by atoms with van der Waals surface area (Å²) >= 11 is 0. The van der Waals surface area contributed by atoms with E-state index in [4.69, 9.17) is 0 Å². The first kappa shape index (κ1) is 14.4. The number of nitrogens with one attached hydrogen (secondary N) is 2. The molecule has 1 atom stereocenters. The molecule has 0 fully saturated rings. The average molecular weight is 258 g/mol. The van der Waals surface area contributed by atoms with Crippen molar-refractivity contribution < 1.29 is 18.3 Å². The fourth-order valence-electron chi connectivity index (χ4n) is 1.41. The Morgan fingerprint density at radius 3 is 2.78 bits per heavy atom. The maximum absolute atomic E-state index is 12.0. The van der Waals surface area contributed by atoms with Gasteiger partial charge in [0.05, 0.1) is 0 Å². The van der Waals surface area contributed by atoms with Gasteiger partial charge in [0.1, 0.15) is 5.75 Å². The van der Waals surface area contributed by atoms with Gasteiger partial charge in [-0.25, -0.2) is 0 Å². The van der Waals surface area contributed by atoms with Crippen LogP contribution in [0.5, 0.6) is 5.75 Å². The SMILES string of the molecule is CNCC(C)C(=O)Nc1cccc(OC(F)F)c1. The molecule has 0 aromatic heterocycles. The maximum Gasteiger partial charge on any atom is 0.387 e. The van der Waals surface area contributed by atoms with Crippen LogP contribution in [0.25, 0.3) is 0 Å². The van der Waals surface area contributed by atoms with E-state index in [1.807, 2.05) is 0 Å². The summed E-state index contributed by atoms with van der Waals surface area (Å²) in [5.41, 5.74) is 0.432. The molecule has 0 bridgehead atoms. The number of carbonyl (C=O) groups excluding carboxylic acids is 1. The van der Waals surface area contributed by atoms with Crippen molar-refractivity contribution in [2.75, 3.05) is 18.9 Å². The predicted molar refractivity (Wildman–Crippen MR) is 64.8 cm³/mol. The quantitative estimate of drug-likeness (QED) is 0.821. The van der Waals surface area contributed by atoms with Gasteiger partial charge in [0, 0.05) is 24.2 Å². The molecule has 1 aromatic rings. The number of rotatable bonds is 6. The number of benzene rings is 1. The Labute approximate surface area is 104 Å². The topological polar surface area (TPSA) is 50.4 Å². The van der Waals surface area contributed by atoms with Crippen LogP contribution >= 0.6 is 0 Å². The number of amides is 1. The standard InChI is InChI=1S/C12H16F2N2O2/c1-8(7-15-2)11(17)16-9-4-3-5-10(6-9)18-12(13)14/h3-6,8,12,15H,7H2,1-2H3,(H,16,17). The van der Waals surface area contributed by atoms with Crippen LogP contribution in [0, 0.1) is 5.92 Å². The first-order valence-electron chi connectivity index (χ1n) is 5.53. The van der Waals surface area contributed by atoms with Gasteiger partial charge in [-0.05, 0) is 19.2 Å². The molecule has 18 heavy (non-hydrogen) atoms. The minimum atomic E-state index is -2.88. The van der Waals surface area contributed by atoms with Gasteiger partial charge in [-0.15, -0.1) is 0 Å². The van der Waals surface area contributed by atoms with Crippen LogP contribution in [0.4, 0.5) is 14.5 Å². The van der Waals surface area contributed by atoms with Crippen molar-refractivity contribution in [3.63, 3.8) is 0 Å². The van der Waals surface area contributed by atoms with E-state index in [1.165, 1.54) is 18.2 Å². The fraction of sp³-hybridized carbons (Fsp3) is 0.417. The number of hydrogen-bond donors (Lipinski definition) is 2. The molecule has 0 aliphatic rings. The molecule has 0 radical (unpaired) electrons. The lowest BCUT2D eigenvalue weighted by Crippen LogP contribution is -2.28. The van der Waals surface area contributed by atoms with Crippen molar-refractivity contribution in [3.05, 3.63) is 24.3 Å². The molecule has 1 unspecified atom stereocenters. The van der Waals surface area contributed by atoms with Crippen molar-refractivity contribution >= 4 is 11.6 Å². The summed E-state index contributed by atoms with van der Waals surface area (Å²) in [6, 6.07) is 5.91. The zero-order chi connectivity index (χ0) is 13.5. The highest BCUT2D eigenvalue weighted by Crippen LogP contribution is 2.19. The van der Waals surface area contributed by atoms with Crippen molar-refractivity contribution in [2.45, 2.75) is 13.5 Å². The zero-order valence-electron chi connectivity index (χ0n) is 10.2. The molecule has 100 valence electrons. The monoisotopic (exact) mass is 258 g/mol. The molecule has 1 amide bonds. The number of ether oxygens (including phenoxy) is 1. The summed E-state index contributed by atoms with van der Waals surface area (Å²) in [5, 5.41) is 5.52. The van der Waals surface area contributed by atoms with Gasteiger partial charge in [-0.2, -0.15) is 8.78 Å². The predicted octanol–water partition coefficient (Wildman–Crippen LogP) is 2.08. The van der Waals surface area contributed by atoms with E-state index in [0.29, 0.717) is 12.2 Å². The fourth-order valence-corrected chi connectivity index (χ4v) is 1.41. The van der Waals surface area contributed by atoms with Crippen molar-refractivity contribution in [3.8, 4) is 5.75 Å². The Bertz CT molecular complexity index is 399. The van der Waals surface area contributed by atoms with Crippen LogP contribution in [0.1, 0.15) is 6.92 Å².